The third-order valence-electron chi connectivity index (χ3n) is 15.9. The lowest BCUT2D eigenvalue weighted by Gasteiger charge is -2.27. The quantitative estimate of drug-likeness (QED) is 0.0205. The van der Waals surface area contributed by atoms with Crippen LogP contribution in [0.15, 0.2) is 60.8 Å². The van der Waals surface area contributed by atoms with Gasteiger partial charge < -0.3 is 19.4 Å². The number of hydrogen-bond donors (Lipinski definition) is 2. The number of likely N-dealkylation sites (N-methyl/N-ethyl adjacent to an activating group) is 1. The minimum atomic E-state index is -4.46. The highest BCUT2D eigenvalue weighted by molar-refractivity contribution is 7.47. The van der Waals surface area contributed by atoms with E-state index in [1.807, 2.05) is 33.3 Å². The molecule has 0 aliphatic carbocycles. The van der Waals surface area contributed by atoms with Gasteiger partial charge in [0.15, 0.2) is 0 Å². The number of carbonyl (C=O) groups excluding carboxylic acids is 2. The minimum Gasteiger partial charge on any atom is -0.456 e. The van der Waals surface area contributed by atoms with Gasteiger partial charge in [-0.25, -0.2) is 4.57 Å². The number of ether oxygens (including phenoxy) is 1. The Hall–Kier alpha value is -2.29. The van der Waals surface area contributed by atoms with Crippen LogP contribution >= 0.6 is 7.82 Å². The molecule has 0 aromatic carbocycles. The molecule has 10 heteroatoms. The zero-order chi connectivity index (χ0) is 60.7. The van der Waals surface area contributed by atoms with Crippen molar-refractivity contribution in [2.45, 2.75) is 354 Å². The standard InChI is InChI=1S/C73H137N2O7P/c1-7-10-13-16-19-22-25-28-30-32-33-34-35-36-37-38-39-40-41-43-44-47-50-53-56-59-62-65-72(76)74-70(69-81-83(78,79)80-68-67-75(4,5)6)71(64-61-58-55-52-49-46-27-24-21-18-15-12-9-3)82-73(77)66-63-60-57-54-51-48-45-42-31-29-26-23-20-17-14-11-8-2/h20,23,28-31,45,48,61,64,70-71H,7-19,21-22,24-27,32-44,46-47,49-60,62-63,65-69H2,1-6H3,(H-,74,76,78,79)/p+1/b23-20-,30-28+,31-29-,48-45-,64-61-. The lowest BCUT2D eigenvalue weighted by atomic mass is 10.0. The molecule has 2 N–H and O–H groups in total. The fourth-order valence-corrected chi connectivity index (χ4v) is 11.2. The Morgan fingerprint density at radius 3 is 1.13 bits per heavy atom. The van der Waals surface area contributed by atoms with Gasteiger partial charge in [-0.3, -0.25) is 18.6 Å². The fourth-order valence-electron chi connectivity index (χ4n) is 10.4. The van der Waals surface area contributed by atoms with Gasteiger partial charge >= 0.3 is 13.8 Å². The molecule has 0 radical (unpaired) electrons. The number of nitrogens with zero attached hydrogens (tertiary/aromatic N) is 1. The first-order valence-corrected chi connectivity index (χ1v) is 37.1. The Morgan fingerprint density at radius 2 is 0.735 bits per heavy atom. The second-order valence-electron chi connectivity index (χ2n) is 25.4. The average molecular weight is 1190 g/mol. The van der Waals surface area contributed by atoms with Crippen molar-refractivity contribution in [2.75, 3.05) is 40.9 Å². The fraction of sp³-hybridized carbons (Fsp3) is 0.836. The van der Waals surface area contributed by atoms with Crippen molar-refractivity contribution in [3.05, 3.63) is 60.8 Å². The number of quaternary nitrogens is 1. The molecule has 0 aromatic rings. The molecule has 0 heterocycles. The maximum Gasteiger partial charge on any atom is 0.472 e. The Labute approximate surface area is 515 Å². The van der Waals surface area contributed by atoms with E-state index in [-0.39, 0.29) is 31.5 Å². The van der Waals surface area contributed by atoms with E-state index < -0.39 is 20.0 Å². The second-order valence-corrected chi connectivity index (χ2v) is 26.9. The van der Waals surface area contributed by atoms with Crippen LogP contribution in [0.25, 0.3) is 0 Å². The molecule has 3 atom stereocenters. The molecule has 0 bridgehead atoms. The number of hydrogen-bond acceptors (Lipinski definition) is 6. The molecule has 0 aromatic heterocycles. The molecule has 0 saturated carbocycles. The Bertz CT molecular complexity index is 1600. The van der Waals surface area contributed by atoms with Gasteiger partial charge in [0.25, 0.3) is 0 Å². The van der Waals surface area contributed by atoms with Gasteiger partial charge in [-0.15, -0.1) is 0 Å². The SMILES string of the molecule is CCCCC/C=C\C/C=C\C/C=C\CCCCCCC(=O)OC(/C=C\CCCCCCCCCCCCC)C(COP(=O)(O)OCC[N+](C)(C)C)NC(=O)CCCCCCCCCCCCCCCCCCC/C=C/CCCCCCCC. The van der Waals surface area contributed by atoms with Crippen LogP contribution in [0.5, 0.6) is 0 Å². The van der Waals surface area contributed by atoms with Crippen LogP contribution in [0, 0.1) is 0 Å². The number of amides is 1. The summed E-state index contributed by atoms with van der Waals surface area (Å²) < 4.78 is 30.8. The van der Waals surface area contributed by atoms with Gasteiger partial charge in [-0.1, -0.05) is 294 Å². The van der Waals surface area contributed by atoms with Crippen molar-refractivity contribution in [1.29, 1.82) is 0 Å². The summed E-state index contributed by atoms with van der Waals surface area (Å²) in [6.07, 6.45) is 80.9. The maximum atomic E-state index is 13.6. The molecule has 3 unspecified atom stereocenters. The van der Waals surface area contributed by atoms with Crippen LogP contribution in [-0.2, 0) is 27.9 Å². The zero-order valence-corrected chi connectivity index (χ0v) is 56.6. The lowest BCUT2D eigenvalue weighted by molar-refractivity contribution is -0.870. The average Bonchev–Trinajstić information content (AvgIpc) is 3.47. The summed E-state index contributed by atoms with van der Waals surface area (Å²) in [5.41, 5.74) is 0. The first-order chi connectivity index (χ1) is 40.4. The van der Waals surface area contributed by atoms with E-state index in [9.17, 15) is 19.0 Å². The van der Waals surface area contributed by atoms with Crippen molar-refractivity contribution < 1.29 is 37.3 Å². The monoisotopic (exact) mass is 1190 g/mol. The van der Waals surface area contributed by atoms with E-state index in [0.717, 1.165) is 77.0 Å². The number of esters is 1. The van der Waals surface area contributed by atoms with E-state index in [4.69, 9.17) is 13.8 Å². The van der Waals surface area contributed by atoms with Crippen LogP contribution < -0.4 is 5.32 Å². The third-order valence-corrected chi connectivity index (χ3v) is 16.9. The molecule has 0 rings (SSSR count). The van der Waals surface area contributed by atoms with Crippen molar-refractivity contribution in [1.82, 2.24) is 5.32 Å². The first-order valence-electron chi connectivity index (χ1n) is 35.6. The van der Waals surface area contributed by atoms with Gasteiger partial charge in [-0.2, -0.15) is 0 Å². The Morgan fingerprint density at radius 1 is 0.422 bits per heavy atom. The number of nitrogens with one attached hydrogen (secondary N) is 1. The lowest BCUT2D eigenvalue weighted by Crippen LogP contribution is -2.47. The van der Waals surface area contributed by atoms with Crippen LogP contribution in [0.1, 0.15) is 342 Å². The van der Waals surface area contributed by atoms with Gasteiger partial charge in [0.2, 0.25) is 5.91 Å². The molecule has 0 aliphatic heterocycles. The predicted octanol–water partition coefficient (Wildman–Crippen LogP) is 22.6. The molecule has 83 heavy (non-hydrogen) atoms. The Kier molecular flexibility index (Phi) is 61.0. The normalized spacial score (nSPS) is 13.9. The molecule has 0 aliphatic rings. The largest absolute Gasteiger partial charge is 0.472 e. The van der Waals surface area contributed by atoms with Crippen LogP contribution in [0.3, 0.4) is 0 Å². The third kappa shape index (κ3) is 64.0. The van der Waals surface area contributed by atoms with Crippen LogP contribution in [0.2, 0.25) is 0 Å². The molecule has 0 saturated heterocycles. The number of rotatable bonds is 65. The molecular weight excluding hydrogens is 1050 g/mol. The number of unbranched alkanes of at least 4 members (excludes halogenated alkanes) is 41. The molecule has 1 amide bonds. The molecule has 0 spiro atoms. The minimum absolute atomic E-state index is 0.0367. The topological polar surface area (TPSA) is 111 Å². The van der Waals surface area contributed by atoms with Crippen molar-refractivity contribution in [3.63, 3.8) is 0 Å². The van der Waals surface area contributed by atoms with Gasteiger partial charge in [0.05, 0.1) is 33.8 Å². The van der Waals surface area contributed by atoms with E-state index in [0.29, 0.717) is 23.9 Å². The number of carbonyl (C=O) groups is 2. The van der Waals surface area contributed by atoms with Crippen LogP contribution in [0.4, 0.5) is 0 Å². The zero-order valence-electron chi connectivity index (χ0n) is 55.7. The highest BCUT2D eigenvalue weighted by atomic mass is 31.2. The first kappa shape index (κ1) is 80.7. The molecule has 486 valence electrons. The van der Waals surface area contributed by atoms with Crippen molar-refractivity contribution in [2.24, 2.45) is 0 Å². The maximum absolute atomic E-state index is 13.6. The van der Waals surface area contributed by atoms with E-state index >= 15 is 0 Å². The molecule has 9 nitrogen and oxygen atoms in total. The number of phosphoric ester groups is 1. The number of phosphoric acid groups is 1. The highest BCUT2D eigenvalue weighted by Gasteiger charge is 2.30. The van der Waals surface area contributed by atoms with E-state index in [1.165, 1.54) is 225 Å². The molecule has 0 fully saturated rings. The summed E-state index contributed by atoms with van der Waals surface area (Å²) in [5.74, 6) is -0.517. The Balaban J connectivity index is 5.05. The van der Waals surface area contributed by atoms with Crippen molar-refractivity contribution in [3.8, 4) is 0 Å². The highest BCUT2D eigenvalue weighted by Crippen LogP contribution is 2.43. The van der Waals surface area contributed by atoms with Crippen LogP contribution in [-0.4, -0.2) is 74.3 Å². The summed E-state index contributed by atoms with van der Waals surface area (Å²) in [5, 5.41) is 3.07. The summed E-state index contributed by atoms with van der Waals surface area (Å²) in [6, 6.07) is -0.858. The molecular formula is C73H138N2O7P+. The van der Waals surface area contributed by atoms with Crippen molar-refractivity contribution >= 4 is 19.7 Å². The van der Waals surface area contributed by atoms with Gasteiger partial charge in [0, 0.05) is 12.8 Å². The summed E-state index contributed by atoms with van der Waals surface area (Å²) >= 11 is 0. The summed E-state index contributed by atoms with van der Waals surface area (Å²) in [7, 11) is 1.49. The van der Waals surface area contributed by atoms with E-state index in [2.05, 4.69) is 74.7 Å². The predicted molar refractivity (Wildman–Crippen MR) is 360 cm³/mol. The smallest absolute Gasteiger partial charge is 0.456 e. The van der Waals surface area contributed by atoms with Gasteiger partial charge in [0.1, 0.15) is 19.3 Å². The summed E-state index contributed by atoms with van der Waals surface area (Å²) in [6.45, 7) is 7.01. The van der Waals surface area contributed by atoms with E-state index in [1.54, 1.807) is 0 Å². The number of allylic oxidation sites excluding steroid dienone is 9. The van der Waals surface area contributed by atoms with Gasteiger partial charge in [-0.05, 0) is 96.0 Å². The second kappa shape index (κ2) is 62.8. The summed E-state index contributed by atoms with van der Waals surface area (Å²) in [4.78, 5) is 37.9.